The molecule has 2 amide bonds. The first-order valence-electron chi connectivity index (χ1n) is 6.16. The third kappa shape index (κ3) is 1.88. The van der Waals surface area contributed by atoms with Crippen LogP contribution in [0.2, 0.25) is 0 Å². The Hall–Kier alpha value is -1.95. The van der Waals surface area contributed by atoms with Gasteiger partial charge in [0, 0.05) is 12.8 Å². The number of benzene rings is 1. The number of ether oxygens (including phenoxy) is 1. The first kappa shape index (κ1) is 12.1. The Morgan fingerprint density at radius 2 is 1.79 bits per heavy atom. The lowest BCUT2D eigenvalue weighted by Gasteiger charge is -2.29. The van der Waals surface area contributed by atoms with Crippen molar-refractivity contribution in [2.24, 2.45) is 0 Å². The first-order valence-corrected chi connectivity index (χ1v) is 6.16. The molecule has 3 rings (SSSR count). The molecule has 1 N–H and O–H groups in total. The molecule has 0 saturated carbocycles. The van der Waals surface area contributed by atoms with Crippen LogP contribution in [0.3, 0.4) is 0 Å². The second kappa shape index (κ2) is 4.31. The zero-order valence-electron chi connectivity index (χ0n) is 10.2. The van der Waals surface area contributed by atoms with E-state index in [0.717, 1.165) is 4.90 Å². The summed E-state index contributed by atoms with van der Waals surface area (Å²) in [5.41, 5.74) is -0.705. The second-order valence-electron chi connectivity index (χ2n) is 4.73. The Bertz CT molecular complexity index is 523. The maximum absolute atomic E-state index is 12.9. The van der Waals surface area contributed by atoms with E-state index in [9.17, 15) is 14.0 Å². The van der Waals surface area contributed by atoms with Gasteiger partial charge < -0.3 is 10.1 Å². The minimum absolute atomic E-state index is 0.340. The van der Waals surface area contributed by atoms with Gasteiger partial charge in [0.1, 0.15) is 5.82 Å². The van der Waals surface area contributed by atoms with Crippen LogP contribution in [0.25, 0.3) is 0 Å². The van der Waals surface area contributed by atoms with Crippen LogP contribution in [0.1, 0.15) is 12.8 Å². The number of piperidine rings is 1. The lowest BCUT2D eigenvalue weighted by molar-refractivity contribution is -0.131. The molecule has 0 bridgehead atoms. The second-order valence-corrected chi connectivity index (χ2v) is 4.73. The van der Waals surface area contributed by atoms with E-state index in [-0.39, 0.29) is 5.91 Å². The summed E-state index contributed by atoms with van der Waals surface area (Å²) >= 11 is 0. The number of carbonyl (C=O) groups is 2. The number of nitrogens with one attached hydrogen (secondary N) is 1. The summed E-state index contributed by atoms with van der Waals surface area (Å²) in [5.74, 6) is -0.772. The Labute approximate surface area is 109 Å². The molecule has 1 aromatic carbocycles. The fraction of sp³-hybridized carbons (Fsp3) is 0.385. The lowest BCUT2D eigenvalue weighted by atomic mass is 9.91. The van der Waals surface area contributed by atoms with Crippen LogP contribution in [-0.2, 0) is 9.53 Å². The van der Waals surface area contributed by atoms with Crippen molar-refractivity contribution in [3.8, 4) is 0 Å². The van der Waals surface area contributed by atoms with Crippen LogP contribution in [0, 0.1) is 5.82 Å². The third-order valence-electron chi connectivity index (χ3n) is 3.55. The van der Waals surface area contributed by atoms with Crippen LogP contribution >= 0.6 is 0 Å². The summed E-state index contributed by atoms with van der Waals surface area (Å²) in [6.45, 7) is 1.27. The topological polar surface area (TPSA) is 58.6 Å². The molecule has 0 aromatic heterocycles. The van der Waals surface area contributed by atoms with Gasteiger partial charge in [-0.2, -0.15) is 0 Å². The average Bonchev–Trinajstić information content (AvgIpc) is 2.64. The minimum atomic E-state index is -1.04. The van der Waals surface area contributed by atoms with E-state index in [2.05, 4.69) is 5.32 Å². The molecule has 0 atom stereocenters. The van der Waals surface area contributed by atoms with Gasteiger partial charge in [-0.05, 0) is 37.4 Å². The van der Waals surface area contributed by atoms with E-state index in [1.807, 2.05) is 0 Å². The summed E-state index contributed by atoms with van der Waals surface area (Å²) in [7, 11) is 0. The molecule has 2 fully saturated rings. The highest BCUT2D eigenvalue weighted by molar-refractivity contribution is 6.20. The largest absolute Gasteiger partial charge is 0.432 e. The normalized spacial score (nSPS) is 21.8. The van der Waals surface area contributed by atoms with Crippen molar-refractivity contribution in [1.29, 1.82) is 0 Å². The Balaban J connectivity index is 1.92. The molecular formula is C13H13FN2O3. The van der Waals surface area contributed by atoms with Gasteiger partial charge in [-0.15, -0.1) is 0 Å². The minimum Gasteiger partial charge on any atom is -0.432 e. The van der Waals surface area contributed by atoms with Crippen molar-refractivity contribution in [3.63, 3.8) is 0 Å². The molecule has 1 spiro atoms. The van der Waals surface area contributed by atoms with E-state index in [4.69, 9.17) is 4.74 Å². The van der Waals surface area contributed by atoms with Crippen molar-refractivity contribution in [3.05, 3.63) is 30.1 Å². The van der Waals surface area contributed by atoms with E-state index in [1.165, 1.54) is 24.3 Å². The number of rotatable bonds is 1. The van der Waals surface area contributed by atoms with Gasteiger partial charge in [0.05, 0.1) is 5.69 Å². The number of halogens is 1. The smallest absolute Gasteiger partial charge is 0.422 e. The fourth-order valence-corrected chi connectivity index (χ4v) is 2.50. The molecule has 2 aliphatic rings. The van der Waals surface area contributed by atoms with Gasteiger partial charge in [-0.3, -0.25) is 4.79 Å². The Morgan fingerprint density at radius 3 is 2.42 bits per heavy atom. The molecule has 19 heavy (non-hydrogen) atoms. The van der Waals surface area contributed by atoms with Gasteiger partial charge in [0.25, 0.3) is 5.91 Å². The molecule has 0 radical (unpaired) electrons. The molecule has 1 aromatic rings. The summed E-state index contributed by atoms with van der Waals surface area (Å²) in [4.78, 5) is 25.3. The zero-order chi connectivity index (χ0) is 13.5. The van der Waals surface area contributed by atoms with Gasteiger partial charge in [0.2, 0.25) is 0 Å². The molecule has 2 saturated heterocycles. The average molecular weight is 264 g/mol. The molecule has 6 heteroatoms. The summed E-state index contributed by atoms with van der Waals surface area (Å²) in [6.07, 6.45) is 0.253. The summed E-state index contributed by atoms with van der Waals surface area (Å²) < 4.78 is 18.2. The monoisotopic (exact) mass is 264 g/mol. The lowest BCUT2D eigenvalue weighted by Crippen LogP contribution is -2.48. The predicted molar refractivity (Wildman–Crippen MR) is 65.2 cm³/mol. The van der Waals surface area contributed by atoms with E-state index in [1.54, 1.807) is 0 Å². The highest BCUT2D eigenvalue weighted by Crippen LogP contribution is 2.35. The maximum atomic E-state index is 12.9. The number of imide groups is 1. The molecule has 100 valence electrons. The molecule has 2 heterocycles. The molecular weight excluding hydrogens is 251 g/mol. The number of hydrogen-bond donors (Lipinski definition) is 1. The molecule has 5 nitrogen and oxygen atoms in total. The van der Waals surface area contributed by atoms with Gasteiger partial charge in [-0.25, -0.2) is 14.1 Å². The van der Waals surface area contributed by atoms with Crippen molar-refractivity contribution in [2.75, 3.05) is 18.0 Å². The fourth-order valence-electron chi connectivity index (χ4n) is 2.50. The number of hydrogen-bond acceptors (Lipinski definition) is 4. The molecule has 2 aliphatic heterocycles. The van der Waals surface area contributed by atoms with E-state index >= 15 is 0 Å². The van der Waals surface area contributed by atoms with Crippen molar-refractivity contribution in [1.82, 2.24) is 5.32 Å². The molecule has 0 unspecified atom stereocenters. The zero-order valence-corrected chi connectivity index (χ0v) is 10.2. The third-order valence-corrected chi connectivity index (χ3v) is 3.55. The van der Waals surface area contributed by atoms with E-state index < -0.39 is 17.5 Å². The predicted octanol–water partition coefficient (Wildman–Crippen LogP) is 1.43. The maximum Gasteiger partial charge on any atom is 0.422 e. The number of carbonyl (C=O) groups excluding carboxylic acids is 2. The number of anilines is 1. The van der Waals surface area contributed by atoms with Crippen LogP contribution in [0.5, 0.6) is 0 Å². The van der Waals surface area contributed by atoms with Crippen LogP contribution in [0.4, 0.5) is 14.9 Å². The van der Waals surface area contributed by atoms with Crippen molar-refractivity contribution < 1.29 is 18.7 Å². The van der Waals surface area contributed by atoms with Crippen LogP contribution in [-0.4, -0.2) is 30.7 Å². The van der Waals surface area contributed by atoms with E-state index in [0.29, 0.717) is 31.6 Å². The van der Waals surface area contributed by atoms with Gasteiger partial charge in [0.15, 0.2) is 5.60 Å². The Kier molecular flexibility index (Phi) is 2.74. The summed E-state index contributed by atoms with van der Waals surface area (Å²) in [6, 6.07) is 5.22. The quantitative estimate of drug-likeness (QED) is 0.833. The Morgan fingerprint density at radius 1 is 1.16 bits per heavy atom. The van der Waals surface area contributed by atoms with Crippen molar-refractivity contribution >= 4 is 17.7 Å². The first-order chi connectivity index (χ1) is 9.12. The summed E-state index contributed by atoms with van der Waals surface area (Å²) in [5, 5.41) is 3.12. The van der Waals surface area contributed by atoms with Gasteiger partial charge in [-0.1, -0.05) is 0 Å². The highest BCUT2D eigenvalue weighted by atomic mass is 19.1. The van der Waals surface area contributed by atoms with Crippen LogP contribution in [0.15, 0.2) is 24.3 Å². The SMILES string of the molecule is O=C1OC2(CCNCC2)C(=O)N1c1ccc(F)cc1. The van der Waals surface area contributed by atoms with Crippen molar-refractivity contribution in [2.45, 2.75) is 18.4 Å². The standard InChI is InChI=1S/C13H13FN2O3/c14-9-1-3-10(4-2-9)16-11(17)13(19-12(16)18)5-7-15-8-6-13/h1-4,15H,5-8H2. The highest BCUT2D eigenvalue weighted by Gasteiger charge is 2.54. The van der Waals surface area contributed by atoms with Crippen LogP contribution < -0.4 is 10.2 Å². The van der Waals surface area contributed by atoms with Gasteiger partial charge >= 0.3 is 6.09 Å². The molecule has 0 aliphatic carbocycles. The number of nitrogens with zero attached hydrogens (tertiary/aromatic N) is 1. The number of amides is 2.